The molecule has 0 heterocycles. The molecule has 0 saturated carbocycles. The summed E-state index contributed by atoms with van der Waals surface area (Å²) in [6.45, 7) is 9.95. The summed E-state index contributed by atoms with van der Waals surface area (Å²) in [5.41, 5.74) is 2.40. The summed E-state index contributed by atoms with van der Waals surface area (Å²) in [6, 6.07) is 14.7. The lowest BCUT2D eigenvalue weighted by Gasteiger charge is -2.21. The lowest BCUT2D eigenvalue weighted by molar-refractivity contribution is -0.123. The van der Waals surface area contributed by atoms with Crippen LogP contribution >= 0.6 is 0 Å². The standard InChI is InChI=1S/C22H29N3O3/c1-5-25(6-2)19-11-7-17(8-12-19)23-21(26)15-22(27)24-18-9-13-20(14-10-18)28-16(3)4/h7-14,16H,5-6,15H2,1-4H3,(H,23,26)(H,24,27). The van der Waals surface area contributed by atoms with E-state index < -0.39 is 0 Å². The van der Waals surface area contributed by atoms with Crippen molar-refractivity contribution in [3.8, 4) is 5.75 Å². The Morgan fingerprint density at radius 2 is 1.32 bits per heavy atom. The molecule has 0 aliphatic carbocycles. The number of carbonyl (C=O) groups is 2. The van der Waals surface area contributed by atoms with Gasteiger partial charge in [-0.2, -0.15) is 0 Å². The molecule has 28 heavy (non-hydrogen) atoms. The quantitative estimate of drug-likeness (QED) is 0.634. The van der Waals surface area contributed by atoms with E-state index in [-0.39, 0.29) is 24.3 Å². The Hall–Kier alpha value is -3.02. The third-order valence-electron chi connectivity index (χ3n) is 4.11. The molecule has 0 aromatic heterocycles. The SMILES string of the molecule is CCN(CC)c1ccc(NC(=O)CC(=O)Nc2ccc(OC(C)C)cc2)cc1. The van der Waals surface area contributed by atoms with Crippen molar-refractivity contribution < 1.29 is 14.3 Å². The summed E-state index contributed by atoms with van der Waals surface area (Å²) in [4.78, 5) is 26.4. The van der Waals surface area contributed by atoms with Gasteiger partial charge in [0.15, 0.2) is 0 Å². The first-order valence-electron chi connectivity index (χ1n) is 9.62. The van der Waals surface area contributed by atoms with Gasteiger partial charge >= 0.3 is 0 Å². The second kappa shape index (κ2) is 10.3. The van der Waals surface area contributed by atoms with E-state index in [0.29, 0.717) is 11.4 Å². The van der Waals surface area contributed by atoms with Gasteiger partial charge in [-0.25, -0.2) is 0 Å². The number of amides is 2. The molecule has 2 rings (SSSR count). The molecule has 0 unspecified atom stereocenters. The molecule has 0 atom stereocenters. The second-order valence-electron chi connectivity index (χ2n) is 6.68. The van der Waals surface area contributed by atoms with Crippen molar-refractivity contribution in [1.29, 1.82) is 0 Å². The van der Waals surface area contributed by atoms with Crippen molar-refractivity contribution >= 4 is 28.9 Å². The highest BCUT2D eigenvalue weighted by molar-refractivity contribution is 6.08. The van der Waals surface area contributed by atoms with Crippen LogP contribution in [0.15, 0.2) is 48.5 Å². The van der Waals surface area contributed by atoms with E-state index in [0.717, 1.165) is 24.5 Å². The lowest BCUT2D eigenvalue weighted by Crippen LogP contribution is -2.22. The molecule has 2 amide bonds. The molecular formula is C22H29N3O3. The minimum Gasteiger partial charge on any atom is -0.491 e. The molecule has 0 aliphatic heterocycles. The fraction of sp³-hybridized carbons (Fsp3) is 0.364. The average molecular weight is 383 g/mol. The molecule has 2 aromatic carbocycles. The fourth-order valence-corrected chi connectivity index (χ4v) is 2.79. The number of nitrogens with zero attached hydrogens (tertiary/aromatic N) is 1. The van der Waals surface area contributed by atoms with Crippen molar-refractivity contribution in [2.45, 2.75) is 40.2 Å². The summed E-state index contributed by atoms with van der Waals surface area (Å²) in [7, 11) is 0. The zero-order chi connectivity index (χ0) is 20.5. The number of anilines is 3. The van der Waals surface area contributed by atoms with Gasteiger partial charge in [0.25, 0.3) is 0 Å². The molecule has 150 valence electrons. The maximum absolute atomic E-state index is 12.1. The van der Waals surface area contributed by atoms with Gasteiger partial charge in [0.05, 0.1) is 6.10 Å². The van der Waals surface area contributed by atoms with Crippen LogP contribution in [-0.4, -0.2) is 31.0 Å². The fourth-order valence-electron chi connectivity index (χ4n) is 2.79. The van der Waals surface area contributed by atoms with Crippen LogP contribution in [0.3, 0.4) is 0 Å². The largest absolute Gasteiger partial charge is 0.491 e. The van der Waals surface area contributed by atoms with Crippen molar-refractivity contribution in [3.05, 3.63) is 48.5 Å². The van der Waals surface area contributed by atoms with Crippen molar-refractivity contribution in [1.82, 2.24) is 0 Å². The number of hydrogen-bond donors (Lipinski definition) is 2. The van der Waals surface area contributed by atoms with E-state index in [1.165, 1.54) is 0 Å². The molecule has 0 fully saturated rings. The number of carbonyl (C=O) groups excluding carboxylic acids is 2. The average Bonchev–Trinajstić information content (AvgIpc) is 2.65. The molecule has 0 bridgehead atoms. The summed E-state index contributed by atoms with van der Waals surface area (Å²) < 4.78 is 5.56. The van der Waals surface area contributed by atoms with Crippen LogP contribution in [0.1, 0.15) is 34.1 Å². The smallest absolute Gasteiger partial charge is 0.233 e. The molecular weight excluding hydrogens is 354 g/mol. The Bertz CT molecular complexity index is 767. The number of hydrogen-bond acceptors (Lipinski definition) is 4. The first-order chi connectivity index (χ1) is 13.4. The van der Waals surface area contributed by atoms with Gasteiger partial charge < -0.3 is 20.3 Å². The second-order valence-corrected chi connectivity index (χ2v) is 6.68. The predicted octanol–water partition coefficient (Wildman–Crippen LogP) is 4.29. The Morgan fingerprint density at radius 3 is 1.75 bits per heavy atom. The van der Waals surface area contributed by atoms with Crippen molar-refractivity contribution in [2.24, 2.45) is 0 Å². The molecule has 0 saturated heterocycles. The highest BCUT2D eigenvalue weighted by Crippen LogP contribution is 2.19. The summed E-state index contributed by atoms with van der Waals surface area (Å²) in [6.07, 6.45) is -0.160. The van der Waals surface area contributed by atoms with E-state index in [1.54, 1.807) is 24.3 Å². The van der Waals surface area contributed by atoms with Crippen LogP contribution in [0.5, 0.6) is 5.75 Å². The molecule has 6 heteroatoms. The molecule has 0 aliphatic rings. The summed E-state index contributed by atoms with van der Waals surface area (Å²) in [5, 5.41) is 5.47. The zero-order valence-electron chi connectivity index (χ0n) is 17.0. The van der Waals surface area contributed by atoms with E-state index in [9.17, 15) is 9.59 Å². The Kier molecular flexibility index (Phi) is 7.87. The van der Waals surface area contributed by atoms with Crippen LogP contribution in [0.25, 0.3) is 0 Å². The maximum Gasteiger partial charge on any atom is 0.233 e. The van der Waals surface area contributed by atoms with Crippen molar-refractivity contribution in [2.75, 3.05) is 28.6 Å². The van der Waals surface area contributed by atoms with Crippen molar-refractivity contribution in [3.63, 3.8) is 0 Å². The van der Waals surface area contributed by atoms with E-state index in [2.05, 4.69) is 29.4 Å². The molecule has 0 radical (unpaired) electrons. The lowest BCUT2D eigenvalue weighted by atomic mass is 10.2. The first-order valence-corrected chi connectivity index (χ1v) is 9.62. The Balaban J connectivity index is 1.84. The number of ether oxygens (including phenoxy) is 1. The van der Waals surface area contributed by atoms with Crippen LogP contribution in [0.2, 0.25) is 0 Å². The maximum atomic E-state index is 12.1. The van der Waals surface area contributed by atoms with Crippen LogP contribution in [-0.2, 0) is 9.59 Å². The van der Waals surface area contributed by atoms with E-state index in [1.807, 2.05) is 38.1 Å². The van der Waals surface area contributed by atoms with Gasteiger partial charge in [0.1, 0.15) is 12.2 Å². The summed E-state index contributed by atoms with van der Waals surface area (Å²) in [5.74, 6) is 0.0153. The van der Waals surface area contributed by atoms with Gasteiger partial charge in [0.2, 0.25) is 11.8 Å². The van der Waals surface area contributed by atoms with Gasteiger partial charge in [-0.15, -0.1) is 0 Å². The zero-order valence-corrected chi connectivity index (χ0v) is 17.0. The van der Waals surface area contributed by atoms with Gasteiger partial charge in [-0.1, -0.05) is 0 Å². The Morgan fingerprint density at radius 1 is 0.857 bits per heavy atom. The number of benzene rings is 2. The number of nitrogens with one attached hydrogen (secondary N) is 2. The van der Waals surface area contributed by atoms with Crippen LogP contribution in [0, 0.1) is 0 Å². The number of rotatable bonds is 9. The highest BCUT2D eigenvalue weighted by Gasteiger charge is 2.11. The summed E-state index contributed by atoms with van der Waals surface area (Å²) >= 11 is 0. The molecule has 6 nitrogen and oxygen atoms in total. The van der Waals surface area contributed by atoms with Crippen LogP contribution in [0.4, 0.5) is 17.1 Å². The first kappa shape index (κ1) is 21.3. The molecule has 0 spiro atoms. The third kappa shape index (κ3) is 6.61. The van der Waals surface area contributed by atoms with E-state index in [4.69, 9.17) is 4.74 Å². The van der Waals surface area contributed by atoms with Gasteiger partial charge in [0, 0.05) is 30.2 Å². The topological polar surface area (TPSA) is 70.7 Å². The minimum atomic E-state index is -0.366. The molecule has 2 aromatic rings. The van der Waals surface area contributed by atoms with Gasteiger partial charge in [-0.3, -0.25) is 9.59 Å². The monoisotopic (exact) mass is 383 g/mol. The van der Waals surface area contributed by atoms with E-state index >= 15 is 0 Å². The third-order valence-corrected chi connectivity index (χ3v) is 4.11. The van der Waals surface area contributed by atoms with Crippen LogP contribution < -0.4 is 20.3 Å². The van der Waals surface area contributed by atoms with Gasteiger partial charge in [-0.05, 0) is 76.2 Å². The minimum absolute atomic E-state index is 0.0882. The molecule has 2 N–H and O–H groups in total. The predicted molar refractivity (Wildman–Crippen MR) is 114 cm³/mol. The Labute approximate surface area is 166 Å². The normalized spacial score (nSPS) is 10.5. The highest BCUT2D eigenvalue weighted by atomic mass is 16.5.